The Morgan fingerprint density at radius 1 is 1.58 bits per heavy atom. The van der Waals surface area contributed by atoms with Gasteiger partial charge in [-0.25, -0.2) is 0 Å². The van der Waals surface area contributed by atoms with Crippen LogP contribution in [0.2, 0.25) is 0 Å². The molecule has 70 valence electrons. The van der Waals surface area contributed by atoms with E-state index in [2.05, 4.69) is 45.2 Å². The van der Waals surface area contributed by atoms with E-state index in [1.54, 1.807) is 11.4 Å². The van der Waals surface area contributed by atoms with Gasteiger partial charge < -0.3 is 0 Å². The summed E-state index contributed by atoms with van der Waals surface area (Å²) in [6.07, 6.45) is 0.881. The normalized spacial score (nSPS) is 12.0. The van der Waals surface area contributed by atoms with Gasteiger partial charge in [-0.1, -0.05) is 40.2 Å². The summed E-state index contributed by atoms with van der Waals surface area (Å²) in [5.41, 5.74) is 0.987. The lowest BCUT2D eigenvalue weighted by Gasteiger charge is -2.23. The van der Waals surface area contributed by atoms with Crippen LogP contribution in [0.25, 0.3) is 0 Å². The SMILES string of the molecule is C=C(C(C)C)N(S)C(CC)=NC. The predicted octanol–water partition coefficient (Wildman–Crippen LogP) is 2.74. The summed E-state index contributed by atoms with van der Waals surface area (Å²) in [4.78, 5) is 4.12. The molecule has 3 heteroatoms. The van der Waals surface area contributed by atoms with Crippen LogP contribution in [0.3, 0.4) is 0 Å². The van der Waals surface area contributed by atoms with Crippen LogP contribution in [0.1, 0.15) is 27.2 Å². The number of hydrogen-bond donors (Lipinski definition) is 1. The summed E-state index contributed by atoms with van der Waals surface area (Å²) in [5.74, 6) is 1.36. The molecule has 12 heavy (non-hydrogen) atoms. The van der Waals surface area contributed by atoms with E-state index in [0.29, 0.717) is 5.92 Å². The van der Waals surface area contributed by atoms with Crippen LogP contribution >= 0.6 is 12.8 Å². The van der Waals surface area contributed by atoms with Crippen LogP contribution in [0.5, 0.6) is 0 Å². The highest BCUT2D eigenvalue weighted by Crippen LogP contribution is 2.16. The number of aliphatic imine (C=N–C) groups is 1. The van der Waals surface area contributed by atoms with Crippen molar-refractivity contribution in [2.45, 2.75) is 27.2 Å². The second-order valence-electron chi connectivity index (χ2n) is 2.95. The first kappa shape index (κ1) is 11.6. The topological polar surface area (TPSA) is 15.6 Å². The van der Waals surface area contributed by atoms with Gasteiger partial charge >= 0.3 is 0 Å². The molecule has 0 unspecified atom stereocenters. The summed E-state index contributed by atoms with van der Waals surface area (Å²) < 4.78 is 1.77. The molecule has 0 N–H and O–H groups in total. The highest BCUT2D eigenvalue weighted by Gasteiger charge is 2.10. The van der Waals surface area contributed by atoms with Crippen molar-refractivity contribution in [3.8, 4) is 0 Å². The maximum atomic E-state index is 4.32. The minimum absolute atomic E-state index is 0.408. The monoisotopic (exact) mass is 186 g/mol. The van der Waals surface area contributed by atoms with E-state index in [1.807, 2.05) is 0 Å². The molecule has 2 nitrogen and oxygen atoms in total. The van der Waals surface area contributed by atoms with Crippen LogP contribution < -0.4 is 0 Å². The molecular formula is C9H18N2S. The molecule has 0 aliphatic rings. The van der Waals surface area contributed by atoms with E-state index in [9.17, 15) is 0 Å². The lowest BCUT2D eigenvalue weighted by Crippen LogP contribution is -2.22. The fourth-order valence-corrected chi connectivity index (χ4v) is 1.27. The Hall–Kier alpha value is -0.440. The first-order chi connectivity index (χ1) is 5.54. The molecular weight excluding hydrogens is 168 g/mol. The molecule has 0 aromatic rings. The zero-order valence-electron chi connectivity index (χ0n) is 8.33. The molecule has 0 aromatic carbocycles. The number of thiol groups is 1. The zero-order valence-corrected chi connectivity index (χ0v) is 9.23. The Kier molecular flexibility index (Phi) is 5.06. The molecule has 0 aliphatic heterocycles. The van der Waals surface area contributed by atoms with Gasteiger partial charge in [0.05, 0.1) is 0 Å². The fourth-order valence-electron chi connectivity index (χ4n) is 0.813. The number of rotatable bonds is 3. The zero-order chi connectivity index (χ0) is 9.72. The summed E-state index contributed by atoms with van der Waals surface area (Å²) in [6.45, 7) is 10.2. The molecule has 0 radical (unpaired) electrons. The van der Waals surface area contributed by atoms with Crippen molar-refractivity contribution in [3.05, 3.63) is 12.3 Å². The summed E-state index contributed by atoms with van der Waals surface area (Å²) in [7, 11) is 1.77. The molecule has 0 rings (SSSR count). The van der Waals surface area contributed by atoms with Crippen LogP contribution in [-0.2, 0) is 0 Å². The van der Waals surface area contributed by atoms with Crippen molar-refractivity contribution < 1.29 is 0 Å². The standard InChI is InChI=1S/C9H18N2S/c1-6-9(10-5)11(12)8(4)7(2)3/h7,12H,4,6H2,1-3,5H3. The van der Waals surface area contributed by atoms with E-state index in [1.165, 1.54) is 0 Å². The van der Waals surface area contributed by atoms with Gasteiger partial charge in [-0.15, -0.1) is 0 Å². The molecule has 0 aliphatic carbocycles. The molecule has 0 atom stereocenters. The number of hydrogen-bond acceptors (Lipinski definition) is 2. The van der Waals surface area contributed by atoms with Gasteiger partial charge in [0.25, 0.3) is 0 Å². The Balaban J connectivity index is 4.37. The van der Waals surface area contributed by atoms with E-state index < -0.39 is 0 Å². The Morgan fingerprint density at radius 2 is 2.08 bits per heavy atom. The number of allylic oxidation sites excluding steroid dienone is 1. The third-order valence-corrected chi connectivity index (χ3v) is 2.25. The second-order valence-corrected chi connectivity index (χ2v) is 3.35. The van der Waals surface area contributed by atoms with E-state index >= 15 is 0 Å². The van der Waals surface area contributed by atoms with Crippen molar-refractivity contribution in [3.63, 3.8) is 0 Å². The van der Waals surface area contributed by atoms with Gasteiger partial charge in [-0.2, -0.15) is 0 Å². The quantitative estimate of drug-likeness (QED) is 0.407. The van der Waals surface area contributed by atoms with E-state index in [4.69, 9.17) is 0 Å². The van der Waals surface area contributed by atoms with Crippen LogP contribution in [0.15, 0.2) is 17.3 Å². The molecule has 0 amide bonds. The van der Waals surface area contributed by atoms with Crippen LogP contribution in [0, 0.1) is 5.92 Å². The van der Waals surface area contributed by atoms with Crippen molar-refractivity contribution in [1.29, 1.82) is 0 Å². The van der Waals surface area contributed by atoms with Crippen molar-refractivity contribution in [2.24, 2.45) is 10.9 Å². The van der Waals surface area contributed by atoms with Crippen molar-refractivity contribution in [1.82, 2.24) is 4.31 Å². The van der Waals surface area contributed by atoms with Gasteiger partial charge in [-0.05, 0) is 5.92 Å². The lowest BCUT2D eigenvalue weighted by atomic mass is 10.1. The Labute approximate surface area is 80.9 Å². The van der Waals surface area contributed by atoms with Gasteiger partial charge in [-0.3, -0.25) is 9.30 Å². The minimum atomic E-state index is 0.408. The first-order valence-corrected chi connectivity index (χ1v) is 4.58. The van der Waals surface area contributed by atoms with Gasteiger partial charge in [0, 0.05) is 19.2 Å². The third kappa shape index (κ3) is 2.89. The minimum Gasteiger partial charge on any atom is -0.279 e. The van der Waals surface area contributed by atoms with Gasteiger partial charge in [0.2, 0.25) is 0 Å². The molecule has 0 saturated heterocycles. The molecule has 0 spiro atoms. The lowest BCUT2D eigenvalue weighted by molar-refractivity contribution is 0.636. The van der Waals surface area contributed by atoms with Crippen molar-refractivity contribution in [2.75, 3.05) is 7.05 Å². The molecule has 0 aromatic heterocycles. The summed E-state index contributed by atoms with van der Waals surface area (Å²) >= 11 is 4.32. The average Bonchev–Trinajstić information content (AvgIpc) is 2.05. The van der Waals surface area contributed by atoms with Crippen LogP contribution in [0.4, 0.5) is 0 Å². The highest BCUT2D eigenvalue weighted by molar-refractivity contribution is 7.78. The van der Waals surface area contributed by atoms with Crippen LogP contribution in [-0.4, -0.2) is 17.2 Å². The third-order valence-electron chi connectivity index (χ3n) is 1.76. The smallest absolute Gasteiger partial charge is 0.112 e. The second kappa shape index (κ2) is 5.25. The van der Waals surface area contributed by atoms with E-state index in [0.717, 1.165) is 18.0 Å². The Bertz CT molecular complexity index is 185. The van der Waals surface area contributed by atoms with Gasteiger partial charge in [0.15, 0.2) is 0 Å². The summed E-state index contributed by atoms with van der Waals surface area (Å²) in [5, 5.41) is 0. The Morgan fingerprint density at radius 3 is 2.33 bits per heavy atom. The molecule has 0 saturated carbocycles. The summed E-state index contributed by atoms with van der Waals surface area (Å²) in [6, 6.07) is 0. The predicted molar refractivity (Wildman–Crippen MR) is 58.5 cm³/mol. The fraction of sp³-hybridized carbons (Fsp3) is 0.667. The maximum Gasteiger partial charge on any atom is 0.112 e. The highest BCUT2D eigenvalue weighted by atomic mass is 32.1. The van der Waals surface area contributed by atoms with Crippen molar-refractivity contribution >= 4 is 18.7 Å². The van der Waals surface area contributed by atoms with Gasteiger partial charge in [0.1, 0.15) is 5.84 Å². The molecule has 0 heterocycles. The maximum absolute atomic E-state index is 4.32. The van der Waals surface area contributed by atoms with E-state index in [-0.39, 0.29) is 0 Å². The number of amidine groups is 1. The average molecular weight is 186 g/mol. The molecule has 0 fully saturated rings. The number of nitrogens with zero attached hydrogens (tertiary/aromatic N) is 2. The largest absolute Gasteiger partial charge is 0.279 e. The molecule has 0 bridgehead atoms. The first-order valence-electron chi connectivity index (χ1n) is 4.18.